The first-order chi connectivity index (χ1) is 43.2. The Hall–Kier alpha value is -7.02. The van der Waals surface area contributed by atoms with Gasteiger partial charge in [-0.15, -0.1) is 11.3 Å². The van der Waals surface area contributed by atoms with Crippen LogP contribution in [-0.4, -0.2) is 194 Å². The van der Waals surface area contributed by atoms with Crippen LogP contribution in [0.1, 0.15) is 144 Å². The van der Waals surface area contributed by atoms with Crippen molar-refractivity contribution in [1.29, 1.82) is 0 Å². The van der Waals surface area contributed by atoms with Crippen molar-refractivity contribution in [3.05, 3.63) is 94.0 Å². The Morgan fingerprint density at radius 2 is 1.48 bits per heavy atom. The molecule has 1 aromatic heterocycles. The van der Waals surface area contributed by atoms with Gasteiger partial charge in [0.2, 0.25) is 23.6 Å². The fourth-order valence-corrected chi connectivity index (χ4v) is 13.3. The Kier molecular flexibility index (Phi) is 27.8. The van der Waals surface area contributed by atoms with E-state index in [0.29, 0.717) is 31.4 Å². The number of phosphoric acid groups is 1. The van der Waals surface area contributed by atoms with Gasteiger partial charge < -0.3 is 39.9 Å². The SMILES string of the molecule is CC[C@H](C)C(CC(=O)[C@H]1CCCCN1C)C(=O)N(C)[C@H](C[C@@H](OC(C)=O)c1nc(C(=O)N(C)[C@@H](Cc2ccc(OP(=O)(O)O)cc2)C(=O)C[C@H](CCCCN)C(=O)N[C@@H](Cc2ccccc2)C(=O)N2CCN(C(=O)CCCN3C(=O)C=CC3=O)CC2)cs1)C(C)C. The van der Waals surface area contributed by atoms with Gasteiger partial charge in [-0.25, -0.2) is 9.55 Å². The highest BCUT2D eigenvalue weighted by molar-refractivity contribution is 7.46. The molecule has 0 spiro atoms. The zero-order valence-corrected chi connectivity index (χ0v) is 55.4. The highest BCUT2D eigenvalue weighted by atomic mass is 32.1. The number of esters is 1. The van der Waals surface area contributed by atoms with Crippen LogP contribution in [0.3, 0.4) is 0 Å². The number of unbranched alkanes of at least 4 members (excludes halogenated alkanes) is 1. The van der Waals surface area contributed by atoms with Crippen molar-refractivity contribution in [2.75, 3.05) is 67.0 Å². The molecular formula is C65H92N9O15PS. The van der Waals surface area contributed by atoms with Crippen LogP contribution in [0.25, 0.3) is 0 Å². The maximum Gasteiger partial charge on any atom is 0.524 e. The van der Waals surface area contributed by atoms with Gasteiger partial charge in [-0.2, -0.15) is 0 Å². The second-order valence-corrected chi connectivity index (χ2v) is 26.6. The molecule has 7 amide bonds. The number of Topliss-reactive ketones (excluding diaryl/α,β-unsaturated/α-hetero) is 2. The van der Waals surface area contributed by atoms with Gasteiger partial charge >= 0.3 is 13.8 Å². The maximum absolute atomic E-state index is 15.1. The summed E-state index contributed by atoms with van der Waals surface area (Å²) in [6.07, 6.45) is 5.95. The topological polar surface area (TPSA) is 317 Å². The zero-order chi connectivity index (χ0) is 66.7. The third-order valence-corrected chi connectivity index (χ3v) is 19.1. The van der Waals surface area contributed by atoms with Gasteiger partial charge in [-0.3, -0.25) is 67.5 Å². The van der Waals surface area contributed by atoms with E-state index in [9.17, 15) is 57.5 Å². The van der Waals surface area contributed by atoms with Crippen LogP contribution >= 0.6 is 19.2 Å². The van der Waals surface area contributed by atoms with Crippen molar-refractivity contribution >= 4 is 78.0 Å². The normalized spacial score (nSPS) is 17.8. The summed E-state index contributed by atoms with van der Waals surface area (Å²) in [4.78, 5) is 171. The number of ether oxygens (including phenoxy) is 1. The van der Waals surface area contributed by atoms with E-state index in [4.69, 9.17) is 20.0 Å². The summed E-state index contributed by atoms with van der Waals surface area (Å²) in [5, 5.41) is 4.72. The van der Waals surface area contributed by atoms with Crippen molar-refractivity contribution in [1.82, 2.24) is 39.7 Å². The number of imide groups is 1. The number of nitrogens with one attached hydrogen (secondary N) is 1. The molecule has 0 aliphatic carbocycles. The third kappa shape index (κ3) is 21.3. The first kappa shape index (κ1) is 73.0. The molecule has 2 fully saturated rings. The van der Waals surface area contributed by atoms with Crippen LogP contribution in [0.2, 0.25) is 0 Å². The molecule has 498 valence electrons. The number of aromatic nitrogens is 1. The number of amides is 7. The first-order valence-corrected chi connectivity index (χ1v) is 34.0. The minimum Gasteiger partial charge on any atom is -0.455 e. The van der Waals surface area contributed by atoms with Crippen molar-refractivity contribution in [3.8, 4) is 5.75 Å². The van der Waals surface area contributed by atoms with Crippen molar-refractivity contribution < 1.29 is 71.6 Å². The standard InChI is InChI=1S/C65H92N9O15PS/c1-9-43(4)49(39-56(77)52-21-14-16-30-69(52)6)63(82)70(7)53(42(2)3)40-57(88-44(5)75)62-68-51(41-91-62)64(83)71(8)54(37-46-23-25-48(26-24-46)89-90(85,86)87)55(76)38-47(20-13-15-29-66)61(81)67-50(36-45-18-11-10-12-19-45)65(84)73-34-32-72(33-35-73)58(78)22-17-31-74-59(79)27-28-60(74)80/h10-12,18-19,23-28,41-43,47,49-50,52-54,57H,9,13-17,20-22,29-40,66H2,1-8H3,(H,67,81)(H2,85,86,87)/t43-,47-,49?,50-,52+,53+,54-,57+/m0/s1. The summed E-state index contributed by atoms with van der Waals surface area (Å²) in [6.45, 7) is 11.1. The van der Waals surface area contributed by atoms with E-state index < -0.39 is 91.6 Å². The number of nitrogens with two attached hydrogens (primary N) is 1. The number of ketones is 2. The van der Waals surface area contributed by atoms with E-state index in [1.54, 1.807) is 21.7 Å². The number of hydrogen-bond acceptors (Lipinski definition) is 17. The molecular weight excluding hydrogens is 1210 g/mol. The Balaban J connectivity index is 1.23. The lowest BCUT2D eigenvalue weighted by Crippen LogP contribution is -2.57. The Morgan fingerprint density at radius 1 is 0.835 bits per heavy atom. The lowest BCUT2D eigenvalue weighted by Gasteiger charge is -2.37. The van der Waals surface area contributed by atoms with E-state index in [1.165, 1.54) is 60.7 Å². The minimum absolute atomic E-state index is 0.0408. The highest BCUT2D eigenvalue weighted by Crippen LogP contribution is 2.38. The third-order valence-electron chi connectivity index (χ3n) is 17.7. The van der Waals surface area contributed by atoms with Crippen LogP contribution in [0.5, 0.6) is 5.75 Å². The molecule has 3 aromatic rings. The number of likely N-dealkylation sites (N-methyl/N-ethyl adjacent to an activating group) is 2. The molecule has 8 atom stereocenters. The molecule has 6 rings (SSSR count). The fraction of sp³-hybridized carbons (Fsp3) is 0.585. The van der Waals surface area contributed by atoms with E-state index in [2.05, 4.69) is 10.2 Å². The van der Waals surface area contributed by atoms with Gasteiger partial charge in [0.25, 0.3) is 17.7 Å². The average Bonchev–Trinajstić information content (AvgIpc) is 1.95. The quantitative estimate of drug-likeness (QED) is 0.0241. The number of nitrogens with zero attached hydrogens (tertiary/aromatic N) is 7. The van der Waals surface area contributed by atoms with Crippen LogP contribution in [0, 0.1) is 23.7 Å². The number of hydrogen-bond donors (Lipinski definition) is 4. The maximum atomic E-state index is 15.1. The predicted octanol–water partition coefficient (Wildman–Crippen LogP) is 5.69. The highest BCUT2D eigenvalue weighted by Gasteiger charge is 2.40. The van der Waals surface area contributed by atoms with Crippen LogP contribution in [0.4, 0.5) is 0 Å². The Morgan fingerprint density at radius 3 is 2.09 bits per heavy atom. The number of phosphoric ester groups is 1. The minimum atomic E-state index is -4.94. The molecule has 0 radical (unpaired) electrons. The molecule has 24 nitrogen and oxygen atoms in total. The fourth-order valence-electron chi connectivity index (χ4n) is 12.1. The lowest BCUT2D eigenvalue weighted by molar-refractivity contribution is -0.149. The number of carbonyl (C=O) groups is 10. The monoisotopic (exact) mass is 1300 g/mol. The Bertz CT molecular complexity index is 3080. The van der Waals surface area contributed by atoms with E-state index >= 15 is 4.79 Å². The van der Waals surface area contributed by atoms with Gasteiger partial charge in [-0.1, -0.05) is 89.4 Å². The van der Waals surface area contributed by atoms with Crippen molar-refractivity contribution in [2.45, 2.75) is 155 Å². The predicted molar refractivity (Wildman–Crippen MR) is 341 cm³/mol. The molecule has 0 bridgehead atoms. The lowest BCUT2D eigenvalue weighted by atomic mass is 9.83. The van der Waals surface area contributed by atoms with E-state index in [-0.39, 0.29) is 130 Å². The summed E-state index contributed by atoms with van der Waals surface area (Å²) >= 11 is 1.06. The number of piperazine rings is 1. The molecule has 2 saturated heterocycles. The van der Waals surface area contributed by atoms with Crippen molar-refractivity contribution in [2.24, 2.45) is 29.4 Å². The number of piperidine rings is 1. The summed E-state index contributed by atoms with van der Waals surface area (Å²) in [5.74, 6) is -6.09. The largest absolute Gasteiger partial charge is 0.524 e. The summed E-state index contributed by atoms with van der Waals surface area (Å²) < 4.78 is 22.4. The number of thiazole rings is 1. The molecule has 26 heteroatoms. The molecule has 3 aliphatic heterocycles. The van der Waals surface area contributed by atoms with Crippen molar-refractivity contribution in [3.63, 3.8) is 0 Å². The molecule has 5 N–H and O–H groups in total. The van der Waals surface area contributed by atoms with E-state index in [0.717, 1.165) is 47.6 Å². The van der Waals surface area contributed by atoms with Gasteiger partial charge in [-0.05, 0) is 93.8 Å². The summed E-state index contributed by atoms with van der Waals surface area (Å²) in [7, 11) is 0.128. The van der Waals surface area contributed by atoms with Gasteiger partial charge in [0.15, 0.2) is 17.7 Å². The van der Waals surface area contributed by atoms with E-state index in [1.807, 2.05) is 65.1 Å². The summed E-state index contributed by atoms with van der Waals surface area (Å²) in [6, 6.07) is 11.5. The van der Waals surface area contributed by atoms with Crippen LogP contribution < -0.4 is 15.6 Å². The van der Waals surface area contributed by atoms with Gasteiger partial charge in [0.1, 0.15) is 22.5 Å². The molecule has 2 aromatic carbocycles. The molecule has 0 saturated carbocycles. The van der Waals surface area contributed by atoms with Crippen LogP contribution in [0.15, 0.2) is 72.1 Å². The molecule has 4 heterocycles. The molecule has 91 heavy (non-hydrogen) atoms. The summed E-state index contributed by atoms with van der Waals surface area (Å²) in [5.41, 5.74) is 7.03. The average molecular weight is 1300 g/mol. The van der Waals surface area contributed by atoms with Crippen LogP contribution in [-0.2, 0) is 65.3 Å². The molecule has 3 aliphatic rings. The first-order valence-electron chi connectivity index (χ1n) is 31.6. The Labute approximate surface area is 537 Å². The smallest absolute Gasteiger partial charge is 0.455 e. The van der Waals surface area contributed by atoms with Gasteiger partial charge in [0.05, 0.1) is 12.1 Å². The second-order valence-electron chi connectivity index (χ2n) is 24.6. The zero-order valence-electron chi connectivity index (χ0n) is 53.7. The number of carbonyl (C=O) groups excluding carboxylic acids is 10. The molecule has 1 unspecified atom stereocenters. The number of rotatable bonds is 34. The second kappa shape index (κ2) is 34.6. The number of benzene rings is 2. The van der Waals surface area contributed by atoms with Gasteiger partial charge in [0, 0.05) is 121 Å². The number of likely N-dealkylation sites (tertiary alicyclic amines) is 1.